The van der Waals surface area contributed by atoms with E-state index in [4.69, 9.17) is 0 Å². The van der Waals surface area contributed by atoms with E-state index in [2.05, 4.69) is 15.3 Å². The highest BCUT2D eigenvalue weighted by Crippen LogP contribution is 2.25. The molecule has 0 radical (unpaired) electrons. The number of aromatic amines is 1. The zero-order valence-electron chi connectivity index (χ0n) is 11.0. The molecule has 1 saturated carbocycles. The molecule has 4 heteroatoms. The molecule has 4 nitrogen and oxygen atoms in total. The second-order valence-corrected chi connectivity index (χ2v) is 5.68. The number of aromatic nitrogens is 2. The molecular formula is C14H21N3O. The summed E-state index contributed by atoms with van der Waals surface area (Å²) in [6.45, 7) is 1.98. The van der Waals surface area contributed by atoms with E-state index in [1.807, 2.05) is 6.92 Å². The van der Waals surface area contributed by atoms with Crippen molar-refractivity contribution in [1.29, 1.82) is 0 Å². The summed E-state index contributed by atoms with van der Waals surface area (Å²) in [4.78, 5) is 20.0. The molecule has 0 saturated heterocycles. The summed E-state index contributed by atoms with van der Waals surface area (Å²) in [5.41, 5.74) is 2.34. The topological polar surface area (TPSA) is 57.8 Å². The van der Waals surface area contributed by atoms with Crippen molar-refractivity contribution in [2.45, 2.75) is 57.9 Å². The summed E-state index contributed by atoms with van der Waals surface area (Å²) in [5, 5.41) is 3.21. The van der Waals surface area contributed by atoms with Crippen LogP contribution in [0.25, 0.3) is 0 Å². The second-order valence-electron chi connectivity index (χ2n) is 5.68. The Balaban J connectivity index is 1.62. The Labute approximate surface area is 108 Å². The molecule has 0 aliphatic heterocycles. The van der Waals surface area contributed by atoms with Crippen LogP contribution in [0.2, 0.25) is 0 Å². The highest BCUT2D eigenvalue weighted by molar-refractivity contribution is 5.79. The molecule has 2 N–H and O–H groups in total. The van der Waals surface area contributed by atoms with Crippen LogP contribution in [0.1, 0.15) is 49.3 Å². The van der Waals surface area contributed by atoms with Gasteiger partial charge in [0.1, 0.15) is 5.82 Å². The predicted octanol–water partition coefficient (Wildman–Crippen LogP) is 1.88. The van der Waals surface area contributed by atoms with E-state index in [0.29, 0.717) is 6.04 Å². The largest absolute Gasteiger partial charge is 0.353 e. The lowest BCUT2D eigenvalue weighted by atomic mass is 9.89. The number of aryl methyl sites for hydroxylation is 2. The van der Waals surface area contributed by atoms with Crippen LogP contribution >= 0.6 is 0 Å². The molecule has 0 aromatic carbocycles. The molecule has 0 bridgehead atoms. The minimum Gasteiger partial charge on any atom is -0.353 e. The molecular weight excluding hydrogens is 226 g/mol. The molecule has 2 aliphatic rings. The first kappa shape index (κ1) is 11.8. The van der Waals surface area contributed by atoms with Crippen LogP contribution in [-0.2, 0) is 17.6 Å². The van der Waals surface area contributed by atoms with Crippen molar-refractivity contribution in [3.8, 4) is 0 Å². The number of fused-ring (bicyclic) bond motifs is 1. The number of H-pyrrole nitrogens is 1. The van der Waals surface area contributed by atoms with Gasteiger partial charge in [0.2, 0.25) is 5.91 Å². The number of nitrogens with one attached hydrogen (secondary N) is 2. The maximum Gasteiger partial charge on any atom is 0.223 e. The highest BCUT2D eigenvalue weighted by atomic mass is 16.1. The molecule has 2 aliphatic carbocycles. The number of amides is 1. The van der Waals surface area contributed by atoms with Crippen LogP contribution in [0, 0.1) is 12.8 Å². The number of hydrogen-bond acceptors (Lipinski definition) is 2. The molecule has 1 atom stereocenters. The van der Waals surface area contributed by atoms with Gasteiger partial charge in [0.25, 0.3) is 0 Å². The van der Waals surface area contributed by atoms with Crippen LogP contribution in [0.15, 0.2) is 0 Å². The Morgan fingerprint density at radius 1 is 1.33 bits per heavy atom. The van der Waals surface area contributed by atoms with Crippen molar-refractivity contribution >= 4 is 5.91 Å². The molecule has 1 aromatic rings. The zero-order valence-corrected chi connectivity index (χ0v) is 11.0. The molecule has 3 rings (SSSR count). The van der Waals surface area contributed by atoms with E-state index in [0.717, 1.165) is 43.6 Å². The normalized spacial score (nSPS) is 23.9. The smallest absolute Gasteiger partial charge is 0.223 e. The highest BCUT2D eigenvalue weighted by Gasteiger charge is 2.28. The van der Waals surface area contributed by atoms with Gasteiger partial charge in [-0.25, -0.2) is 4.98 Å². The Bertz CT molecular complexity index is 446. The lowest BCUT2D eigenvalue weighted by Crippen LogP contribution is -2.39. The zero-order chi connectivity index (χ0) is 12.5. The number of carbonyl (C=O) groups excluding carboxylic acids is 1. The van der Waals surface area contributed by atoms with Crippen LogP contribution < -0.4 is 5.32 Å². The fourth-order valence-corrected chi connectivity index (χ4v) is 3.24. The lowest BCUT2D eigenvalue weighted by molar-refractivity contribution is -0.126. The van der Waals surface area contributed by atoms with E-state index in [1.54, 1.807) is 0 Å². The summed E-state index contributed by atoms with van der Waals surface area (Å²) in [6, 6.07) is 0.433. The van der Waals surface area contributed by atoms with Crippen molar-refractivity contribution in [1.82, 2.24) is 15.3 Å². The average Bonchev–Trinajstić information content (AvgIpc) is 2.95. The van der Waals surface area contributed by atoms with Gasteiger partial charge in [0.15, 0.2) is 0 Å². The Hall–Kier alpha value is -1.32. The SMILES string of the molecule is Cc1nc2c([nH]1)CC(C(=O)NC1CCCC1)CC2. The summed E-state index contributed by atoms with van der Waals surface area (Å²) in [6.07, 6.45) is 7.55. The summed E-state index contributed by atoms with van der Waals surface area (Å²) in [7, 11) is 0. The molecule has 1 fully saturated rings. The summed E-state index contributed by atoms with van der Waals surface area (Å²) in [5.74, 6) is 1.36. The van der Waals surface area contributed by atoms with Crippen molar-refractivity contribution in [2.75, 3.05) is 0 Å². The van der Waals surface area contributed by atoms with Crippen molar-refractivity contribution < 1.29 is 4.79 Å². The maximum absolute atomic E-state index is 12.2. The van der Waals surface area contributed by atoms with Crippen LogP contribution in [0.3, 0.4) is 0 Å². The predicted molar refractivity (Wildman–Crippen MR) is 69.2 cm³/mol. The van der Waals surface area contributed by atoms with Crippen molar-refractivity contribution in [3.05, 3.63) is 17.2 Å². The lowest BCUT2D eigenvalue weighted by Gasteiger charge is -2.22. The van der Waals surface area contributed by atoms with E-state index < -0.39 is 0 Å². The first-order valence-corrected chi connectivity index (χ1v) is 7.07. The van der Waals surface area contributed by atoms with Gasteiger partial charge >= 0.3 is 0 Å². The minimum atomic E-state index is 0.137. The fourth-order valence-electron chi connectivity index (χ4n) is 3.24. The van der Waals surface area contributed by atoms with E-state index >= 15 is 0 Å². The van der Waals surface area contributed by atoms with E-state index in [-0.39, 0.29) is 11.8 Å². The molecule has 1 unspecified atom stereocenters. The Kier molecular flexibility index (Phi) is 3.10. The molecule has 18 heavy (non-hydrogen) atoms. The first-order valence-electron chi connectivity index (χ1n) is 7.07. The van der Waals surface area contributed by atoms with Crippen LogP contribution in [0.5, 0.6) is 0 Å². The number of rotatable bonds is 2. The van der Waals surface area contributed by atoms with Gasteiger partial charge in [-0.05, 0) is 32.6 Å². The molecule has 1 aromatic heterocycles. The van der Waals surface area contributed by atoms with Gasteiger partial charge < -0.3 is 10.3 Å². The van der Waals surface area contributed by atoms with E-state index in [9.17, 15) is 4.79 Å². The molecule has 98 valence electrons. The van der Waals surface area contributed by atoms with Crippen LogP contribution in [0.4, 0.5) is 0 Å². The number of imidazole rings is 1. The Morgan fingerprint density at radius 2 is 2.11 bits per heavy atom. The second kappa shape index (κ2) is 4.75. The van der Waals surface area contributed by atoms with Gasteiger partial charge in [-0.2, -0.15) is 0 Å². The Morgan fingerprint density at radius 3 is 2.89 bits per heavy atom. The third-order valence-electron chi connectivity index (χ3n) is 4.24. The molecule has 0 spiro atoms. The van der Waals surface area contributed by atoms with E-state index in [1.165, 1.54) is 18.5 Å². The van der Waals surface area contributed by atoms with Gasteiger partial charge in [-0.1, -0.05) is 12.8 Å². The van der Waals surface area contributed by atoms with Gasteiger partial charge in [0, 0.05) is 24.1 Å². The average molecular weight is 247 g/mol. The number of nitrogens with zero attached hydrogens (tertiary/aromatic N) is 1. The fraction of sp³-hybridized carbons (Fsp3) is 0.714. The van der Waals surface area contributed by atoms with Gasteiger partial charge in [-0.15, -0.1) is 0 Å². The molecule has 1 heterocycles. The summed E-state index contributed by atoms with van der Waals surface area (Å²) < 4.78 is 0. The standard InChI is InChI=1S/C14H21N3O/c1-9-15-12-7-6-10(8-13(12)16-9)14(18)17-11-4-2-3-5-11/h10-11H,2-8H2,1H3,(H,15,16)(H,17,18). The third kappa shape index (κ3) is 2.28. The van der Waals surface area contributed by atoms with Crippen molar-refractivity contribution in [2.24, 2.45) is 5.92 Å². The number of hydrogen-bond donors (Lipinski definition) is 2. The quantitative estimate of drug-likeness (QED) is 0.838. The first-order chi connectivity index (χ1) is 8.72. The van der Waals surface area contributed by atoms with Crippen molar-refractivity contribution in [3.63, 3.8) is 0 Å². The third-order valence-corrected chi connectivity index (χ3v) is 4.24. The van der Waals surface area contributed by atoms with Gasteiger partial charge in [0.05, 0.1) is 5.69 Å². The monoisotopic (exact) mass is 247 g/mol. The molecule has 1 amide bonds. The number of carbonyl (C=O) groups is 1. The van der Waals surface area contributed by atoms with Crippen LogP contribution in [-0.4, -0.2) is 21.9 Å². The van der Waals surface area contributed by atoms with Gasteiger partial charge in [-0.3, -0.25) is 4.79 Å². The summed E-state index contributed by atoms with van der Waals surface area (Å²) >= 11 is 0. The minimum absolute atomic E-state index is 0.137. The maximum atomic E-state index is 12.2.